The van der Waals surface area contributed by atoms with Crippen LogP contribution in [0.3, 0.4) is 0 Å². The largest absolute Gasteiger partial charge is 0.439 e. The smallest absolute Gasteiger partial charge is 0.224 e. The van der Waals surface area contributed by atoms with Gasteiger partial charge in [-0.2, -0.15) is 0 Å². The Morgan fingerprint density at radius 2 is 2.05 bits per heavy atom. The van der Waals surface area contributed by atoms with Crippen molar-refractivity contribution in [2.75, 3.05) is 5.32 Å². The van der Waals surface area contributed by atoms with Crippen LogP contribution in [0.5, 0.6) is 11.6 Å². The van der Waals surface area contributed by atoms with Crippen LogP contribution in [-0.4, -0.2) is 10.9 Å². The van der Waals surface area contributed by atoms with Crippen LogP contribution in [0.25, 0.3) is 0 Å². The molecule has 1 heterocycles. The molecule has 2 rings (SSSR count). The minimum Gasteiger partial charge on any atom is -0.439 e. The van der Waals surface area contributed by atoms with Gasteiger partial charge in [0.2, 0.25) is 11.8 Å². The van der Waals surface area contributed by atoms with Gasteiger partial charge in [-0.3, -0.25) is 4.79 Å². The first-order chi connectivity index (χ1) is 9.58. The van der Waals surface area contributed by atoms with Crippen LogP contribution in [-0.2, 0) is 4.79 Å². The van der Waals surface area contributed by atoms with Gasteiger partial charge in [-0.05, 0) is 31.5 Å². The van der Waals surface area contributed by atoms with Crippen molar-refractivity contribution < 1.29 is 9.53 Å². The number of ether oxygens (including phenoxy) is 1. The van der Waals surface area contributed by atoms with Gasteiger partial charge in [0, 0.05) is 12.5 Å². The lowest BCUT2D eigenvalue weighted by Gasteiger charge is -2.09. The van der Waals surface area contributed by atoms with Crippen molar-refractivity contribution in [2.24, 2.45) is 0 Å². The fourth-order valence-electron chi connectivity index (χ4n) is 1.79. The molecule has 0 saturated heterocycles. The molecular formula is C16H18N2O2. The summed E-state index contributed by atoms with van der Waals surface area (Å²) >= 11 is 0. The summed E-state index contributed by atoms with van der Waals surface area (Å²) < 4.78 is 5.73. The van der Waals surface area contributed by atoms with Gasteiger partial charge in [-0.25, -0.2) is 4.98 Å². The molecule has 4 heteroatoms. The lowest BCUT2D eigenvalue weighted by Crippen LogP contribution is -2.09. The van der Waals surface area contributed by atoms with Gasteiger partial charge in [0.05, 0.1) is 11.9 Å². The zero-order valence-corrected chi connectivity index (χ0v) is 11.9. The molecule has 0 fully saturated rings. The molecule has 0 unspecified atom stereocenters. The summed E-state index contributed by atoms with van der Waals surface area (Å²) in [7, 11) is 0. The first-order valence-electron chi connectivity index (χ1n) is 6.59. The quantitative estimate of drug-likeness (QED) is 0.918. The van der Waals surface area contributed by atoms with Crippen LogP contribution >= 0.6 is 0 Å². The Morgan fingerprint density at radius 1 is 1.25 bits per heavy atom. The standard InChI is InChI=1S/C16H18N2O2/c1-4-15(19)18-13-6-8-16(17-10-13)20-14-7-5-11(2)9-12(14)3/h5-10H,4H2,1-3H3,(H,18,19). The summed E-state index contributed by atoms with van der Waals surface area (Å²) in [6.45, 7) is 5.85. The second-order valence-electron chi connectivity index (χ2n) is 4.66. The zero-order chi connectivity index (χ0) is 14.5. The molecule has 0 aliphatic heterocycles. The molecule has 2 aromatic rings. The Hall–Kier alpha value is -2.36. The van der Waals surface area contributed by atoms with E-state index >= 15 is 0 Å². The lowest BCUT2D eigenvalue weighted by atomic mass is 10.1. The third-order valence-electron chi connectivity index (χ3n) is 2.89. The first kappa shape index (κ1) is 14.1. The molecule has 1 aromatic heterocycles. The zero-order valence-electron chi connectivity index (χ0n) is 11.9. The molecule has 0 aliphatic rings. The van der Waals surface area contributed by atoms with E-state index in [1.165, 1.54) is 5.56 Å². The Bertz CT molecular complexity index is 606. The second kappa shape index (κ2) is 6.19. The van der Waals surface area contributed by atoms with Crippen LogP contribution in [0.4, 0.5) is 5.69 Å². The average Bonchev–Trinajstić information content (AvgIpc) is 2.44. The van der Waals surface area contributed by atoms with Gasteiger partial charge in [-0.15, -0.1) is 0 Å². The van der Waals surface area contributed by atoms with Crippen LogP contribution in [0, 0.1) is 13.8 Å². The molecule has 104 valence electrons. The maximum atomic E-state index is 11.3. The molecule has 0 saturated carbocycles. The van der Waals surface area contributed by atoms with E-state index in [0.29, 0.717) is 18.0 Å². The fraction of sp³-hybridized carbons (Fsp3) is 0.250. The molecule has 0 aliphatic carbocycles. The summed E-state index contributed by atoms with van der Waals surface area (Å²) in [5.41, 5.74) is 2.93. The SMILES string of the molecule is CCC(=O)Nc1ccc(Oc2ccc(C)cc2C)nc1. The molecule has 0 spiro atoms. The molecule has 1 amide bonds. The predicted octanol–water partition coefficient (Wildman–Crippen LogP) is 3.84. The number of amides is 1. The predicted molar refractivity (Wildman–Crippen MR) is 79.1 cm³/mol. The lowest BCUT2D eigenvalue weighted by molar-refractivity contribution is -0.115. The number of carbonyl (C=O) groups is 1. The van der Waals surface area contributed by atoms with Crippen LogP contribution in [0.2, 0.25) is 0 Å². The number of aryl methyl sites for hydroxylation is 2. The molecule has 0 bridgehead atoms. The number of hydrogen-bond acceptors (Lipinski definition) is 3. The molecule has 1 aromatic carbocycles. The number of aromatic nitrogens is 1. The van der Waals surface area contributed by atoms with Crippen molar-refractivity contribution >= 4 is 11.6 Å². The normalized spacial score (nSPS) is 10.2. The number of nitrogens with zero attached hydrogens (tertiary/aromatic N) is 1. The van der Waals surface area contributed by atoms with E-state index in [0.717, 1.165) is 11.3 Å². The number of nitrogens with one attached hydrogen (secondary N) is 1. The van der Waals surface area contributed by atoms with Gasteiger partial charge in [0.15, 0.2) is 0 Å². The van der Waals surface area contributed by atoms with E-state index in [4.69, 9.17) is 4.74 Å². The monoisotopic (exact) mass is 270 g/mol. The Morgan fingerprint density at radius 3 is 2.65 bits per heavy atom. The van der Waals surface area contributed by atoms with Crippen molar-refractivity contribution in [3.8, 4) is 11.6 Å². The maximum Gasteiger partial charge on any atom is 0.224 e. The van der Waals surface area contributed by atoms with E-state index in [1.54, 1.807) is 25.3 Å². The molecular weight excluding hydrogens is 252 g/mol. The van der Waals surface area contributed by atoms with Gasteiger partial charge < -0.3 is 10.1 Å². The molecule has 0 radical (unpaired) electrons. The van der Waals surface area contributed by atoms with Crippen molar-refractivity contribution in [1.29, 1.82) is 0 Å². The number of hydrogen-bond donors (Lipinski definition) is 1. The highest BCUT2D eigenvalue weighted by atomic mass is 16.5. The minimum atomic E-state index is -0.0325. The minimum absolute atomic E-state index is 0.0325. The van der Waals surface area contributed by atoms with Crippen molar-refractivity contribution in [3.05, 3.63) is 47.7 Å². The molecule has 4 nitrogen and oxygen atoms in total. The van der Waals surface area contributed by atoms with E-state index in [-0.39, 0.29) is 5.91 Å². The number of rotatable bonds is 4. The van der Waals surface area contributed by atoms with E-state index in [9.17, 15) is 4.79 Å². The number of benzene rings is 1. The molecule has 0 atom stereocenters. The number of anilines is 1. The Balaban J connectivity index is 2.08. The third kappa shape index (κ3) is 3.57. The van der Waals surface area contributed by atoms with Gasteiger partial charge >= 0.3 is 0 Å². The van der Waals surface area contributed by atoms with Crippen LogP contribution in [0.15, 0.2) is 36.5 Å². The van der Waals surface area contributed by atoms with Crippen LogP contribution in [0.1, 0.15) is 24.5 Å². The fourth-order valence-corrected chi connectivity index (χ4v) is 1.79. The highest BCUT2D eigenvalue weighted by Gasteiger charge is 2.04. The highest BCUT2D eigenvalue weighted by Crippen LogP contribution is 2.24. The topological polar surface area (TPSA) is 51.2 Å². The van der Waals surface area contributed by atoms with Crippen molar-refractivity contribution in [3.63, 3.8) is 0 Å². The first-order valence-corrected chi connectivity index (χ1v) is 6.59. The summed E-state index contributed by atoms with van der Waals surface area (Å²) in [6.07, 6.45) is 2.03. The summed E-state index contributed by atoms with van der Waals surface area (Å²) in [5.74, 6) is 1.26. The summed E-state index contributed by atoms with van der Waals surface area (Å²) in [4.78, 5) is 15.5. The maximum absolute atomic E-state index is 11.3. The third-order valence-corrected chi connectivity index (χ3v) is 2.89. The molecule has 1 N–H and O–H groups in total. The van der Waals surface area contributed by atoms with E-state index in [2.05, 4.69) is 16.4 Å². The summed E-state index contributed by atoms with van der Waals surface area (Å²) in [6, 6.07) is 9.51. The number of carbonyl (C=O) groups excluding carboxylic acids is 1. The van der Waals surface area contributed by atoms with Crippen LogP contribution < -0.4 is 10.1 Å². The van der Waals surface area contributed by atoms with Gasteiger partial charge in [0.1, 0.15) is 5.75 Å². The van der Waals surface area contributed by atoms with Gasteiger partial charge in [0.25, 0.3) is 0 Å². The average molecular weight is 270 g/mol. The second-order valence-corrected chi connectivity index (χ2v) is 4.66. The molecule has 20 heavy (non-hydrogen) atoms. The Labute approximate surface area is 118 Å². The number of pyridine rings is 1. The van der Waals surface area contributed by atoms with Crippen molar-refractivity contribution in [1.82, 2.24) is 4.98 Å². The van der Waals surface area contributed by atoms with E-state index < -0.39 is 0 Å². The highest BCUT2D eigenvalue weighted by molar-refractivity contribution is 5.90. The Kier molecular flexibility index (Phi) is 4.35. The summed E-state index contributed by atoms with van der Waals surface area (Å²) in [5, 5.41) is 2.74. The van der Waals surface area contributed by atoms with E-state index in [1.807, 2.05) is 26.0 Å². The van der Waals surface area contributed by atoms with Crippen molar-refractivity contribution in [2.45, 2.75) is 27.2 Å². The van der Waals surface area contributed by atoms with Gasteiger partial charge in [-0.1, -0.05) is 24.6 Å².